The number of rotatable bonds is 6. The second kappa shape index (κ2) is 6.59. The van der Waals surface area contributed by atoms with E-state index in [1.165, 1.54) is 12.1 Å². The van der Waals surface area contributed by atoms with E-state index in [2.05, 4.69) is 4.18 Å². The van der Waals surface area contributed by atoms with Crippen LogP contribution in [0, 0.1) is 0 Å². The van der Waals surface area contributed by atoms with Gasteiger partial charge in [-0.1, -0.05) is 12.1 Å². The lowest BCUT2D eigenvalue weighted by molar-refractivity contribution is 0.338. The van der Waals surface area contributed by atoms with Crippen LogP contribution in [0.2, 0.25) is 6.04 Å². The summed E-state index contributed by atoms with van der Waals surface area (Å²) in [6.45, 7) is 1.74. The highest BCUT2D eigenvalue weighted by Gasteiger charge is 2.24. The lowest BCUT2D eigenvalue weighted by Crippen LogP contribution is -2.10. The third kappa shape index (κ3) is 5.46. The van der Waals surface area contributed by atoms with Gasteiger partial charge in [0, 0.05) is 0 Å². The van der Waals surface area contributed by atoms with Crippen LogP contribution in [0.4, 0.5) is 0 Å². The van der Waals surface area contributed by atoms with E-state index in [0.29, 0.717) is 12.5 Å². The van der Waals surface area contributed by atoms with Crippen molar-refractivity contribution in [1.29, 1.82) is 0 Å². The van der Waals surface area contributed by atoms with Crippen LogP contribution < -0.4 is 0 Å². The average molecular weight is 348 g/mol. The summed E-state index contributed by atoms with van der Waals surface area (Å²) in [7, 11) is -3.64. The molecule has 0 bridgehead atoms. The maximum atomic E-state index is 11.6. The Morgan fingerprint density at radius 2 is 1.72 bits per heavy atom. The second-order valence-electron chi connectivity index (χ2n) is 3.62. The van der Waals surface area contributed by atoms with Crippen molar-refractivity contribution < 1.29 is 12.6 Å². The van der Waals surface area contributed by atoms with E-state index in [1.54, 1.807) is 19.1 Å². The molecule has 1 aromatic rings. The topological polar surface area (TPSA) is 43.4 Å². The van der Waals surface area contributed by atoms with Crippen molar-refractivity contribution >= 4 is 49.4 Å². The van der Waals surface area contributed by atoms with Gasteiger partial charge in [0.15, 0.2) is 0 Å². The smallest absolute Gasteiger partial charge is 0.267 e. The van der Waals surface area contributed by atoms with Crippen molar-refractivity contribution in [3.05, 3.63) is 29.8 Å². The van der Waals surface area contributed by atoms with Gasteiger partial charge in [-0.3, -0.25) is 4.18 Å². The highest BCUT2D eigenvalue weighted by atomic mass is 35.8. The summed E-state index contributed by atoms with van der Waals surface area (Å²) >= 11 is 17.3. The molecule has 0 radical (unpaired) electrons. The summed E-state index contributed by atoms with van der Waals surface area (Å²) in [6.07, 6.45) is 0.623. The number of aryl methyl sites for hydroxylation is 1. The van der Waals surface area contributed by atoms with Gasteiger partial charge in [0.2, 0.25) is 0 Å². The first-order valence-electron chi connectivity index (χ1n) is 5.30. The number of hydrogen-bond acceptors (Lipinski definition) is 3. The van der Waals surface area contributed by atoms with Crippen LogP contribution in [0.25, 0.3) is 0 Å². The Kier molecular flexibility index (Phi) is 5.96. The summed E-state index contributed by atoms with van der Waals surface area (Å²) in [5.41, 5.74) is 0.935. The van der Waals surface area contributed by atoms with Gasteiger partial charge in [-0.05, 0) is 37.1 Å². The molecule has 8 heteroatoms. The Labute approximate surface area is 122 Å². The fourth-order valence-corrected chi connectivity index (χ4v) is 3.67. The first-order valence-corrected chi connectivity index (χ1v) is 11.9. The van der Waals surface area contributed by atoms with Crippen molar-refractivity contribution in [1.82, 2.24) is 0 Å². The van der Waals surface area contributed by atoms with E-state index in [0.717, 1.165) is 5.56 Å². The van der Waals surface area contributed by atoms with Gasteiger partial charge < -0.3 is 0 Å². The maximum absolute atomic E-state index is 11.6. The molecule has 102 valence electrons. The van der Waals surface area contributed by atoms with Gasteiger partial charge in [0.25, 0.3) is 10.1 Å². The molecule has 0 spiro atoms. The zero-order valence-corrected chi connectivity index (χ0v) is 13.8. The van der Waals surface area contributed by atoms with Gasteiger partial charge in [0.05, 0.1) is 11.5 Å². The first-order chi connectivity index (χ1) is 8.24. The fraction of sp³-hybridized carbons (Fsp3) is 0.400. The molecule has 0 aromatic heterocycles. The molecule has 0 fully saturated rings. The minimum absolute atomic E-state index is 0.114. The SMILES string of the molecule is CCOS(=O)(=O)c1ccc(CC[Si](Cl)(Cl)Cl)cc1. The Bertz CT molecular complexity index is 482. The average Bonchev–Trinajstić information content (AvgIpc) is 2.26. The molecule has 0 heterocycles. The van der Waals surface area contributed by atoms with Crippen molar-refractivity contribution in [2.75, 3.05) is 6.61 Å². The van der Waals surface area contributed by atoms with Gasteiger partial charge in [0.1, 0.15) is 0 Å². The summed E-state index contributed by atoms with van der Waals surface area (Å²) < 4.78 is 27.8. The fourth-order valence-electron chi connectivity index (χ4n) is 1.33. The van der Waals surface area contributed by atoms with Crippen molar-refractivity contribution in [2.45, 2.75) is 24.3 Å². The molecule has 0 amide bonds. The third-order valence-corrected chi connectivity index (χ3v) is 6.10. The Balaban J connectivity index is 2.75. The van der Waals surface area contributed by atoms with Gasteiger partial charge in [-0.2, -0.15) is 8.42 Å². The molecular formula is C10H13Cl3O3SSi. The Morgan fingerprint density at radius 3 is 2.17 bits per heavy atom. The van der Waals surface area contributed by atoms with Crippen LogP contribution in [0.1, 0.15) is 12.5 Å². The molecule has 0 saturated heterocycles. The van der Waals surface area contributed by atoms with E-state index >= 15 is 0 Å². The molecular weight excluding hydrogens is 335 g/mol. The molecule has 0 aliphatic heterocycles. The lowest BCUT2D eigenvalue weighted by Gasteiger charge is -2.08. The van der Waals surface area contributed by atoms with E-state index in [-0.39, 0.29) is 11.5 Å². The zero-order chi connectivity index (χ0) is 13.8. The van der Waals surface area contributed by atoms with Crippen LogP contribution in [0.15, 0.2) is 29.2 Å². The number of benzene rings is 1. The van der Waals surface area contributed by atoms with E-state index < -0.39 is 16.1 Å². The summed E-state index contributed by atoms with van der Waals surface area (Å²) in [5.74, 6) is 0. The molecule has 1 aromatic carbocycles. The van der Waals surface area contributed by atoms with Crippen LogP contribution in [-0.2, 0) is 20.7 Å². The predicted molar refractivity (Wildman–Crippen MR) is 77.1 cm³/mol. The molecule has 0 saturated carbocycles. The van der Waals surface area contributed by atoms with Crippen molar-refractivity contribution in [3.8, 4) is 0 Å². The normalized spacial score (nSPS) is 12.7. The van der Waals surface area contributed by atoms with Crippen LogP contribution >= 0.6 is 33.2 Å². The Morgan fingerprint density at radius 1 is 1.17 bits per heavy atom. The molecule has 3 nitrogen and oxygen atoms in total. The minimum Gasteiger partial charge on any atom is -0.267 e. The first kappa shape index (κ1) is 16.3. The number of halogens is 3. The lowest BCUT2D eigenvalue weighted by atomic mass is 10.2. The predicted octanol–water partition coefficient (Wildman–Crippen LogP) is 3.61. The molecule has 0 aliphatic carbocycles. The molecule has 1 rings (SSSR count). The molecule has 0 N–H and O–H groups in total. The number of hydrogen-bond donors (Lipinski definition) is 0. The van der Waals surface area contributed by atoms with E-state index in [9.17, 15) is 8.42 Å². The van der Waals surface area contributed by atoms with Gasteiger partial charge >= 0.3 is 6.00 Å². The highest BCUT2D eigenvalue weighted by Crippen LogP contribution is 2.27. The highest BCUT2D eigenvalue weighted by molar-refractivity contribution is 7.86. The summed E-state index contributed by atoms with van der Waals surface area (Å²) in [5, 5.41) is 0. The van der Waals surface area contributed by atoms with E-state index in [1.807, 2.05) is 0 Å². The maximum Gasteiger partial charge on any atom is 0.341 e. The van der Waals surface area contributed by atoms with Crippen LogP contribution in [0.3, 0.4) is 0 Å². The largest absolute Gasteiger partial charge is 0.341 e. The van der Waals surface area contributed by atoms with E-state index in [4.69, 9.17) is 33.2 Å². The second-order valence-corrected chi connectivity index (χ2v) is 14.5. The quantitative estimate of drug-likeness (QED) is 0.448. The third-order valence-electron chi connectivity index (χ3n) is 2.18. The Hall–Kier alpha value is 0.217. The minimum atomic E-state index is -3.64. The molecule has 18 heavy (non-hydrogen) atoms. The molecule has 0 atom stereocenters. The van der Waals surface area contributed by atoms with Gasteiger partial charge in [-0.25, -0.2) is 0 Å². The standard InChI is InChI=1S/C10H13Cl3O3SSi/c1-2-16-17(14,15)10-5-3-9(4-6-10)7-8-18(11,12)13/h3-6H,2,7-8H2,1H3. The molecule has 0 unspecified atom stereocenters. The monoisotopic (exact) mass is 346 g/mol. The van der Waals surface area contributed by atoms with Crippen LogP contribution in [-0.4, -0.2) is 21.0 Å². The summed E-state index contributed by atoms with van der Waals surface area (Å²) in [6, 6.07) is 4.29. The molecule has 0 aliphatic rings. The van der Waals surface area contributed by atoms with Crippen molar-refractivity contribution in [3.63, 3.8) is 0 Å². The summed E-state index contributed by atoms with van der Waals surface area (Å²) in [4.78, 5) is 0.138. The zero-order valence-electron chi connectivity index (χ0n) is 9.70. The van der Waals surface area contributed by atoms with Gasteiger partial charge in [-0.15, -0.1) is 33.2 Å². The van der Waals surface area contributed by atoms with Crippen LogP contribution in [0.5, 0.6) is 0 Å². The van der Waals surface area contributed by atoms with Crippen molar-refractivity contribution in [2.24, 2.45) is 0 Å².